The van der Waals surface area contributed by atoms with E-state index in [9.17, 15) is 8.42 Å². The first kappa shape index (κ1) is 21.4. The van der Waals surface area contributed by atoms with Crippen LogP contribution in [0.5, 0.6) is 0 Å². The fourth-order valence-electron chi connectivity index (χ4n) is 3.73. The molecule has 2 aromatic rings. The van der Waals surface area contributed by atoms with Gasteiger partial charge in [0.1, 0.15) is 5.82 Å². The molecule has 154 valence electrons. The summed E-state index contributed by atoms with van der Waals surface area (Å²) in [6.45, 7) is 11.1. The lowest BCUT2D eigenvalue weighted by atomic mass is 9.84. The molecule has 1 aromatic heterocycles. The van der Waals surface area contributed by atoms with Gasteiger partial charge in [0.25, 0.3) is 0 Å². The minimum absolute atomic E-state index is 0.146. The molecule has 0 aliphatic carbocycles. The van der Waals surface area contributed by atoms with E-state index in [-0.39, 0.29) is 17.1 Å². The van der Waals surface area contributed by atoms with Crippen LogP contribution in [0.3, 0.4) is 0 Å². The highest BCUT2D eigenvalue weighted by atomic mass is 32.2. The summed E-state index contributed by atoms with van der Waals surface area (Å²) in [5.74, 6) is 2.48. The molecule has 1 atom stereocenters. The first-order valence-corrected chi connectivity index (χ1v) is 12.6. The van der Waals surface area contributed by atoms with Crippen molar-refractivity contribution < 1.29 is 8.42 Å². The summed E-state index contributed by atoms with van der Waals surface area (Å²) in [5, 5.41) is 9.56. The molecule has 7 heteroatoms. The summed E-state index contributed by atoms with van der Waals surface area (Å²) in [7, 11) is -0.878. The Morgan fingerprint density at radius 1 is 1.18 bits per heavy atom. The highest BCUT2D eigenvalue weighted by Crippen LogP contribution is 2.31. The predicted molar refractivity (Wildman–Crippen MR) is 116 cm³/mol. The molecule has 0 unspecified atom stereocenters. The van der Waals surface area contributed by atoms with Crippen molar-refractivity contribution in [1.82, 2.24) is 14.8 Å². The van der Waals surface area contributed by atoms with Crippen LogP contribution in [0.4, 0.5) is 0 Å². The third-order valence-electron chi connectivity index (χ3n) is 5.63. The Bertz CT molecular complexity index is 949. The maximum atomic E-state index is 11.7. The monoisotopic (exact) mass is 421 g/mol. The molecule has 3 rings (SSSR count). The van der Waals surface area contributed by atoms with E-state index >= 15 is 0 Å². The number of rotatable bonds is 5. The van der Waals surface area contributed by atoms with Gasteiger partial charge >= 0.3 is 0 Å². The Morgan fingerprint density at radius 2 is 1.82 bits per heavy atom. The zero-order valence-electron chi connectivity index (χ0n) is 17.7. The fourth-order valence-corrected chi connectivity index (χ4v) is 6.72. The molecule has 0 spiro atoms. The molecule has 1 aliphatic heterocycles. The van der Waals surface area contributed by atoms with Gasteiger partial charge in [-0.2, -0.15) is 0 Å². The van der Waals surface area contributed by atoms with Crippen molar-refractivity contribution >= 4 is 21.6 Å². The van der Waals surface area contributed by atoms with Gasteiger partial charge in [0.05, 0.1) is 11.5 Å². The molecule has 2 heterocycles. The molecule has 1 aromatic carbocycles. The topological polar surface area (TPSA) is 64.8 Å². The predicted octanol–water partition coefficient (Wildman–Crippen LogP) is 4.00. The molecule has 1 aliphatic rings. The van der Waals surface area contributed by atoms with Crippen molar-refractivity contribution in [2.75, 3.05) is 11.5 Å². The summed E-state index contributed by atoms with van der Waals surface area (Å²) in [4.78, 5) is 0. The molecule has 28 heavy (non-hydrogen) atoms. The average Bonchev–Trinajstić information content (AvgIpc) is 3.09. The van der Waals surface area contributed by atoms with Crippen LogP contribution in [-0.4, -0.2) is 34.7 Å². The second kappa shape index (κ2) is 7.82. The number of thioether (sulfide) groups is 1. The zero-order chi connectivity index (χ0) is 20.7. The van der Waals surface area contributed by atoms with Crippen LogP contribution in [0.2, 0.25) is 0 Å². The summed E-state index contributed by atoms with van der Waals surface area (Å²) in [6, 6.07) is 4.59. The van der Waals surface area contributed by atoms with Crippen molar-refractivity contribution in [3.05, 3.63) is 40.2 Å². The normalized spacial score (nSPS) is 19.3. The lowest BCUT2D eigenvalue weighted by Gasteiger charge is -2.22. The van der Waals surface area contributed by atoms with Crippen molar-refractivity contribution in [2.24, 2.45) is 13.0 Å². The van der Waals surface area contributed by atoms with Crippen LogP contribution < -0.4 is 0 Å². The van der Waals surface area contributed by atoms with Crippen molar-refractivity contribution in [3.63, 3.8) is 0 Å². The lowest BCUT2D eigenvalue weighted by molar-refractivity contribution is 0.552. The Morgan fingerprint density at radius 3 is 2.36 bits per heavy atom. The maximum absolute atomic E-state index is 11.7. The van der Waals surface area contributed by atoms with Crippen molar-refractivity contribution in [1.29, 1.82) is 0 Å². The van der Waals surface area contributed by atoms with E-state index in [2.05, 4.69) is 56.9 Å². The van der Waals surface area contributed by atoms with Crippen LogP contribution >= 0.6 is 11.8 Å². The molecule has 5 nitrogen and oxygen atoms in total. The Labute approximate surface area is 173 Å². The highest BCUT2D eigenvalue weighted by molar-refractivity contribution is 7.98. The van der Waals surface area contributed by atoms with Crippen LogP contribution in [0.15, 0.2) is 17.3 Å². The van der Waals surface area contributed by atoms with E-state index < -0.39 is 9.84 Å². The summed E-state index contributed by atoms with van der Waals surface area (Å²) < 4.78 is 25.4. The van der Waals surface area contributed by atoms with Gasteiger partial charge in [-0.05, 0) is 53.9 Å². The number of hydrogen-bond acceptors (Lipinski definition) is 5. The van der Waals surface area contributed by atoms with Gasteiger partial charge in [-0.25, -0.2) is 8.42 Å². The molecule has 0 bridgehead atoms. The summed E-state index contributed by atoms with van der Waals surface area (Å²) >= 11 is 1.69. The van der Waals surface area contributed by atoms with Crippen LogP contribution in [0, 0.1) is 19.8 Å². The van der Waals surface area contributed by atoms with Gasteiger partial charge < -0.3 is 4.57 Å². The summed E-state index contributed by atoms with van der Waals surface area (Å²) in [6.07, 6.45) is 1.41. The molecule has 0 radical (unpaired) electrons. The van der Waals surface area contributed by atoms with E-state index in [0.717, 1.165) is 23.2 Å². The van der Waals surface area contributed by atoms with Gasteiger partial charge in [0.2, 0.25) is 0 Å². The molecule has 0 N–H and O–H groups in total. The molecule has 1 saturated heterocycles. The van der Waals surface area contributed by atoms with E-state index in [0.29, 0.717) is 12.2 Å². The Balaban J connectivity index is 1.70. The van der Waals surface area contributed by atoms with Gasteiger partial charge in [-0.15, -0.1) is 10.2 Å². The van der Waals surface area contributed by atoms with E-state index in [1.54, 1.807) is 11.8 Å². The van der Waals surface area contributed by atoms with Gasteiger partial charge in [-0.1, -0.05) is 44.7 Å². The molecule has 0 amide bonds. The SMILES string of the molecule is Cc1cc(C(C)(C)C)cc(C)c1CSc1nnc(C[C@H]2CCS(=O)(=O)C2)n1C. The number of aromatic nitrogens is 3. The van der Waals surface area contributed by atoms with Gasteiger partial charge in [0.15, 0.2) is 15.0 Å². The van der Waals surface area contributed by atoms with Crippen LogP contribution in [0.1, 0.15) is 55.3 Å². The third-order valence-corrected chi connectivity index (χ3v) is 8.51. The lowest BCUT2D eigenvalue weighted by Crippen LogP contribution is -2.12. The number of hydrogen-bond donors (Lipinski definition) is 0. The largest absolute Gasteiger partial charge is 0.309 e. The average molecular weight is 422 g/mol. The molecule has 0 saturated carbocycles. The van der Waals surface area contributed by atoms with Crippen LogP contribution in [-0.2, 0) is 34.5 Å². The quantitative estimate of drug-likeness (QED) is 0.683. The Hall–Kier alpha value is -1.34. The van der Waals surface area contributed by atoms with E-state index in [1.165, 1.54) is 22.3 Å². The second-order valence-corrected chi connectivity index (χ2v) is 12.2. The zero-order valence-corrected chi connectivity index (χ0v) is 19.4. The number of benzene rings is 1. The smallest absolute Gasteiger partial charge is 0.191 e. The maximum Gasteiger partial charge on any atom is 0.191 e. The van der Waals surface area contributed by atoms with Crippen LogP contribution in [0.25, 0.3) is 0 Å². The molecular weight excluding hydrogens is 390 g/mol. The third kappa shape index (κ3) is 4.79. The van der Waals surface area contributed by atoms with Gasteiger partial charge in [-0.3, -0.25) is 0 Å². The minimum atomic E-state index is -2.85. The second-order valence-electron chi connectivity index (χ2n) is 9.06. The van der Waals surface area contributed by atoms with E-state index in [1.807, 2.05) is 11.6 Å². The molecular formula is C21H31N3O2S2. The van der Waals surface area contributed by atoms with Crippen molar-refractivity contribution in [3.8, 4) is 0 Å². The minimum Gasteiger partial charge on any atom is -0.309 e. The summed E-state index contributed by atoms with van der Waals surface area (Å²) in [5.41, 5.74) is 5.49. The van der Waals surface area contributed by atoms with E-state index in [4.69, 9.17) is 0 Å². The number of nitrogens with zero attached hydrogens (tertiary/aromatic N) is 3. The first-order chi connectivity index (χ1) is 13.0. The van der Waals surface area contributed by atoms with Crippen molar-refractivity contribution in [2.45, 2.75) is 63.8 Å². The standard InChI is InChI=1S/C21H31N3O2S2/c1-14-9-17(21(3,4)5)10-15(2)18(14)12-27-20-23-22-19(24(20)6)11-16-7-8-28(25,26)13-16/h9-10,16H,7-8,11-13H2,1-6H3/t16-/m1/s1. The molecule has 1 fully saturated rings. The fraction of sp³-hybridized carbons (Fsp3) is 0.619. The first-order valence-electron chi connectivity index (χ1n) is 9.78. The number of aryl methyl sites for hydroxylation is 2. The Kier molecular flexibility index (Phi) is 5.97. The number of sulfone groups is 1. The van der Waals surface area contributed by atoms with Gasteiger partial charge in [0, 0.05) is 19.2 Å². The highest BCUT2D eigenvalue weighted by Gasteiger charge is 2.29.